The fourth-order valence-electron chi connectivity index (χ4n) is 2.59. The molecule has 0 spiro atoms. The van der Waals surface area contributed by atoms with Crippen LogP contribution >= 0.6 is 7.60 Å². The van der Waals surface area contributed by atoms with Gasteiger partial charge in [-0.15, -0.1) is 0 Å². The SMILES string of the molecule is CCc1ccc(-c2ccccc2)c(P(=O)(O)O)c1CC. The minimum Gasteiger partial charge on any atom is -0.321 e. The Hall–Kier alpha value is -1.41. The Morgan fingerprint density at radius 1 is 0.950 bits per heavy atom. The highest BCUT2D eigenvalue weighted by Gasteiger charge is 2.26. The third-order valence-electron chi connectivity index (χ3n) is 3.49. The maximum Gasteiger partial charge on any atom is 0.357 e. The largest absolute Gasteiger partial charge is 0.357 e. The average molecular weight is 290 g/mol. The fraction of sp³-hybridized carbons (Fsp3) is 0.250. The highest BCUT2D eigenvalue weighted by Crippen LogP contribution is 2.40. The van der Waals surface area contributed by atoms with E-state index in [4.69, 9.17) is 0 Å². The molecule has 0 radical (unpaired) electrons. The number of benzene rings is 2. The number of rotatable bonds is 4. The lowest BCUT2D eigenvalue weighted by Crippen LogP contribution is -2.16. The van der Waals surface area contributed by atoms with Crippen LogP contribution in [0.1, 0.15) is 25.0 Å². The van der Waals surface area contributed by atoms with Crippen LogP contribution in [0.4, 0.5) is 0 Å². The van der Waals surface area contributed by atoms with Crippen LogP contribution in [0.5, 0.6) is 0 Å². The third-order valence-corrected chi connectivity index (χ3v) is 4.58. The molecule has 0 unspecified atom stereocenters. The van der Waals surface area contributed by atoms with Gasteiger partial charge in [-0.05, 0) is 35.1 Å². The van der Waals surface area contributed by atoms with Gasteiger partial charge in [0.15, 0.2) is 0 Å². The summed E-state index contributed by atoms with van der Waals surface area (Å²) in [6, 6.07) is 13.2. The summed E-state index contributed by atoms with van der Waals surface area (Å²) < 4.78 is 12.0. The first-order valence-electron chi connectivity index (χ1n) is 6.75. The van der Waals surface area contributed by atoms with Crippen LogP contribution in [-0.4, -0.2) is 9.79 Å². The van der Waals surface area contributed by atoms with Gasteiger partial charge in [0.05, 0.1) is 5.30 Å². The van der Waals surface area contributed by atoms with Gasteiger partial charge in [0.2, 0.25) is 0 Å². The molecule has 0 aromatic heterocycles. The van der Waals surface area contributed by atoms with Crippen molar-refractivity contribution >= 4 is 12.9 Å². The first-order valence-corrected chi connectivity index (χ1v) is 8.36. The highest BCUT2D eigenvalue weighted by atomic mass is 31.2. The summed E-state index contributed by atoms with van der Waals surface area (Å²) in [4.78, 5) is 19.5. The van der Waals surface area contributed by atoms with Crippen LogP contribution in [0, 0.1) is 0 Å². The lowest BCUT2D eigenvalue weighted by molar-refractivity contribution is 0.387. The van der Waals surface area contributed by atoms with E-state index in [2.05, 4.69) is 0 Å². The smallest absolute Gasteiger partial charge is 0.321 e. The molecular formula is C16H19O3P. The number of hydrogen-bond donors (Lipinski definition) is 2. The Balaban J connectivity index is 2.79. The standard InChI is InChI=1S/C16H19O3P/c1-3-12-10-11-15(13-8-6-5-7-9-13)16(14(12)4-2)20(17,18)19/h5-11H,3-4H2,1-2H3,(H2,17,18,19). The molecule has 0 fully saturated rings. The molecule has 0 bridgehead atoms. The van der Waals surface area contributed by atoms with Crippen molar-refractivity contribution < 1.29 is 14.4 Å². The van der Waals surface area contributed by atoms with Crippen LogP contribution in [0.3, 0.4) is 0 Å². The Labute approximate surface area is 119 Å². The fourth-order valence-corrected chi connectivity index (χ4v) is 3.76. The van der Waals surface area contributed by atoms with Gasteiger partial charge >= 0.3 is 7.60 Å². The second-order valence-corrected chi connectivity index (χ2v) is 6.25. The highest BCUT2D eigenvalue weighted by molar-refractivity contribution is 7.60. The van der Waals surface area contributed by atoms with Crippen molar-refractivity contribution in [3.05, 3.63) is 53.6 Å². The minimum atomic E-state index is -4.32. The van der Waals surface area contributed by atoms with Crippen molar-refractivity contribution in [2.75, 3.05) is 0 Å². The zero-order valence-corrected chi connectivity index (χ0v) is 12.6. The molecule has 0 saturated heterocycles. The number of aryl methyl sites for hydroxylation is 1. The molecule has 4 heteroatoms. The van der Waals surface area contributed by atoms with E-state index in [0.717, 1.165) is 23.1 Å². The second-order valence-electron chi connectivity index (χ2n) is 4.72. The Morgan fingerprint density at radius 3 is 2.10 bits per heavy atom. The summed E-state index contributed by atoms with van der Waals surface area (Å²) >= 11 is 0. The summed E-state index contributed by atoms with van der Waals surface area (Å²) in [5, 5.41) is 0.186. The molecule has 2 N–H and O–H groups in total. The summed E-state index contributed by atoms with van der Waals surface area (Å²) in [6.07, 6.45) is 1.38. The summed E-state index contributed by atoms with van der Waals surface area (Å²) in [7, 11) is -4.32. The molecule has 0 saturated carbocycles. The first kappa shape index (κ1) is 15.0. The normalized spacial score (nSPS) is 11.6. The quantitative estimate of drug-likeness (QED) is 0.850. The lowest BCUT2D eigenvalue weighted by atomic mass is 9.96. The number of hydrogen-bond acceptors (Lipinski definition) is 1. The Bertz CT molecular complexity index is 644. The van der Waals surface area contributed by atoms with Crippen molar-refractivity contribution in [1.82, 2.24) is 0 Å². The van der Waals surface area contributed by atoms with E-state index in [9.17, 15) is 14.4 Å². The van der Waals surface area contributed by atoms with Crippen molar-refractivity contribution in [3.8, 4) is 11.1 Å². The van der Waals surface area contributed by atoms with E-state index >= 15 is 0 Å². The summed E-state index contributed by atoms with van der Waals surface area (Å²) in [6.45, 7) is 3.93. The van der Waals surface area contributed by atoms with Crippen molar-refractivity contribution in [2.45, 2.75) is 26.7 Å². The van der Waals surface area contributed by atoms with Crippen molar-refractivity contribution in [2.24, 2.45) is 0 Å². The van der Waals surface area contributed by atoms with Gasteiger partial charge in [0, 0.05) is 0 Å². The molecule has 0 aliphatic heterocycles. The van der Waals surface area contributed by atoms with Gasteiger partial charge in [-0.2, -0.15) is 0 Å². The monoisotopic (exact) mass is 290 g/mol. The van der Waals surface area contributed by atoms with Crippen LogP contribution in [0.15, 0.2) is 42.5 Å². The Morgan fingerprint density at radius 2 is 1.60 bits per heavy atom. The molecule has 20 heavy (non-hydrogen) atoms. The van der Waals surface area contributed by atoms with Crippen LogP contribution < -0.4 is 5.30 Å². The van der Waals surface area contributed by atoms with Gasteiger partial charge in [-0.1, -0.05) is 56.3 Å². The minimum absolute atomic E-state index is 0.186. The van der Waals surface area contributed by atoms with Gasteiger partial charge < -0.3 is 9.79 Å². The van der Waals surface area contributed by atoms with Crippen molar-refractivity contribution in [3.63, 3.8) is 0 Å². The molecule has 0 heterocycles. The van der Waals surface area contributed by atoms with E-state index in [1.165, 1.54) is 0 Å². The van der Waals surface area contributed by atoms with E-state index in [0.29, 0.717) is 12.0 Å². The van der Waals surface area contributed by atoms with Gasteiger partial charge in [0.25, 0.3) is 0 Å². The topological polar surface area (TPSA) is 57.5 Å². The van der Waals surface area contributed by atoms with Gasteiger partial charge in [-0.3, -0.25) is 4.57 Å². The van der Waals surface area contributed by atoms with E-state index in [1.807, 2.05) is 56.3 Å². The molecular weight excluding hydrogens is 271 g/mol. The molecule has 3 nitrogen and oxygen atoms in total. The van der Waals surface area contributed by atoms with Gasteiger partial charge in [-0.25, -0.2) is 0 Å². The zero-order chi connectivity index (χ0) is 14.8. The van der Waals surface area contributed by atoms with Crippen LogP contribution in [-0.2, 0) is 17.4 Å². The van der Waals surface area contributed by atoms with Crippen molar-refractivity contribution in [1.29, 1.82) is 0 Å². The maximum atomic E-state index is 12.0. The predicted octanol–water partition coefficient (Wildman–Crippen LogP) is 3.28. The molecule has 0 amide bonds. The lowest BCUT2D eigenvalue weighted by Gasteiger charge is -2.18. The summed E-state index contributed by atoms with van der Waals surface area (Å²) in [5.74, 6) is 0. The molecule has 2 aromatic rings. The molecule has 0 atom stereocenters. The zero-order valence-electron chi connectivity index (χ0n) is 11.7. The Kier molecular flexibility index (Phi) is 4.44. The van der Waals surface area contributed by atoms with Crippen LogP contribution in [0.25, 0.3) is 11.1 Å². The molecule has 0 aliphatic carbocycles. The molecule has 106 valence electrons. The van der Waals surface area contributed by atoms with E-state index in [-0.39, 0.29) is 5.30 Å². The van der Waals surface area contributed by atoms with Gasteiger partial charge in [0.1, 0.15) is 0 Å². The predicted molar refractivity (Wildman–Crippen MR) is 82.3 cm³/mol. The second kappa shape index (κ2) is 5.92. The third kappa shape index (κ3) is 2.85. The molecule has 2 aromatic carbocycles. The van der Waals surface area contributed by atoms with Crippen LogP contribution in [0.2, 0.25) is 0 Å². The van der Waals surface area contributed by atoms with E-state index < -0.39 is 7.60 Å². The molecule has 0 aliphatic rings. The average Bonchev–Trinajstić information content (AvgIpc) is 2.45. The summed E-state index contributed by atoms with van der Waals surface area (Å²) in [5.41, 5.74) is 3.25. The van der Waals surface area contributed by atoms with E-state index in [1.54, 1.807) is 0 Å². The maximum absolute atomic E-state index is 12.0. The molecule has 2 rings (SSSR count). The first-order chi connectivity index (χ1) is 9.49.